The molecule has 232 valence electrons. The van der Waals surface area contributed by atoms with Gasteiger partial charge in [-0.2, -0.15) is 5.06 Å². The standard InChI is InChI=1S/C43H44N2O/c1-8-18-41-31(5)43(32(6)44(41)36-19-12-10-13-20-36)39-28-35(26-25-29(39)3)34(9-2)27-40-30(4)38-23-16-17-24-42(38)45(46-33(40)7)37-21-14-11-15-22-37/h8,10-28,32,43H,4,9H2,1-3,5-7H3/b18-8-,34-27+. The van der Waals surface area contributed by atoms with Gasteiger partial charge in [-0.05, 0) is 117 Å². The Bertz CT molecular complexity index is 1880. The zero-order valence-electron chi connectivity index (χ0n) is 27.9. The highest BCUT2D eigenvalue weighted by Crippen LogP contribution is 2.46. The molecule has 0 amide bonds. The summed E-state index contributed by atoms with van der Waals surface area (Å²) in [5.74, 6) is 1.09. The molecule has 0 radical (unpaired) electrons. The Morgan fingerprint density at radius 1 is 0.848 bits per heavy atom. The van der Waals surface area contributed by atoms with E-state index in [1.54, 1.807) is 0 Å². The third kappa shape index (κ3) is 5.63. The van der Waals surface area contributed by atoms with Crippen LogP contribution < -0.4 is 9.96 Å². The lowest BCUT2D eigenvalue weighted by Gasteiger charge is -2.30. The molecule has 4 aromatic carbocycles. The maximum absolute atomic E-state index is 6.62. The van der Waals surface area contributed by atoms with Crippen molar-refractivity contribution < 1.29 is 4.84 Å². The third-order valence-electron chi connectivity index (χ3n) is 9.43. The van der Waals surface area contributed by atoms with Gasteiger partial charge in [0.05, 0.1) is 11.4 Å². The first-order chi connectivity index (χ1) is 22.3. The van der Waals surface area contributed by atoms with Gasteiger partial charge >= 0.3 is 0 Å². The van der Waals surface area contributed by atoms with Crippen LogP contribution in [0.1, 0.15) is 69.2 Å². The fourth-order valence-electron chi connectivity index (χ4n) is 7.09. The molecule has 6 rings (SSSR count). The van der Waals surface area contributed by atoms with Crippen LogP contribution in [0.5, 0.6) is 0 Å². The zero-order valence-corrected chi connectivity index (χ0v) is 27.9. The quantitative estimate of drug-likeness (QED) is 0.209. The van der Waals surface area contributed by atoms with Crippen LogP contribution in [-0.4, -0.2) is 6.04 Å². The summed E-state index contributed by atoms with van der Waals surface area (Å²) in [5.41, 5.74) is 14.1. The van der Waals surface area contributed by atoms with Crippen molar-refractivity contribution in [3.8, 4) is 0 Å². The van der Waals surface area contributed by atoms with E-state index >= 15 is 0 Å². The van der Waals surface area contributed by atoms with E-state index in [2.05, 4.69) is 143 Å². The molecule has 2 heterocycles. The number of nitrogens with zero attached hydrogens (tertiary/aromatic N) is 2. The van der Waals surface area contributed by atoms with Crippen LogP contribution in [0.4, 0.5) is 17.1 Å². The largest absolute Gasteiger partial charge is 0.379 e. The molecule has 46 heavy (non-hydrogen) atoms. The Hall–Kier alpha value is -5.02. The molecule has 0 fully saturated rings. The number of hydrogen-bond acceptors (Lipinski definition) is 3. The molecule has 0 saturated heterocycles. The Morgan fingerprint density at radius 2 is 1.50 bits per heavy atom. The van der Waals surface area contributed by atoms with Gasteiger partial charge in [-0.25, -0.2) is 0 Å². The summed E-state index contributed by atoms with van der Waals surface area (Å²) >= 11 is 0. The van der Waals surface area contributed by atoms with Crippen molar-refractivity contribution in [3.05, 3.63) is 173 Å². The van der Waals surface area contributed by atoms with Crippen LogP contribution >= 0.6 is 0 Å². The minimum Gasteiger partial charge on any atom is -0.379 e. The van der Waals surface area contributed by atoms with Crippen molar-refractivity contribution in [2.45, 2.75) is 59.9 Å². The molecule has 2 aliphatic heterocycles. The van der Waals surface area contributed by atoms with Crippen molar-refractivity contribution in [1.29, 1.82) is 0 Å². The smallest absolute Gasteiger partial charge is 0.137 e. The van der Waals surface area contributed by atoms with Gasteiger partial charge in [0.1, 0.15) is 5.76 Å². The average molecular weight is 605 g/mol. The zero-order chi connectivity index (χ0) is 32.4. The molecule has 0 spiro atoms. The SMILES string of the molecule is C=C1C(/C=C(\CC)c2ccc(C)c(C3C(C)=C(/C=C\C)N(c4ccccc4)C3C)c2)=C(C)ON(c2ccccc2)c2ccccc21. The molecule has 0 bridgehead atoms. The molecule has 4 aromatic rings. The van der Waals surface area contributed by atoms with E-state index in [1.165, 1.54) is 39.2 Å². The number of allylic oxidation sites excluding steroid dienone is 7. The number of anilines is 3. The predicted molar refractivity (Wildman–Crippen MR) is 196 cm³/mol. The molecule has 3 heteroatoms. The number of aryl methyl sites for hydroxylation is 1. The first-order valence-corrected chi connectivity index (χ1v) is 16.4. The summed E-state index contributed by atoms with van der Waals surface area (Å²) in [5, 5.41) is 1.92. The van der Waals surface area contributed by atoms with Gasteiger partial charge in [0.2, 0.25) is 0 Å². The van der Waals surface area contributed by atoms with Gasteiger partial charge in [0, 0.05) is 34.5 Å². The first kappa shape index (κ1) is 31.0. The summed E-state index contributed by atoms with van der Waals surface area (Å²) < 4.78 is 0. The van der Waals surface area contributed by atoms with Crippen LogP contribution in [0.15, 0.2) is 151 Å². The van der Waals surface area contributed by atoms with Crippen LogP contribution in [0.3, 0.4) is 0 Å². The molecule has 2 aliphatic rings. The van der Waals surface area contributed by atoms with Crippen molar-refractivity contribution in [2.75, 3.05) is 9.96 Å². The van der Waals surface area contributed by atoms with Crippen LogP contribution in [-0.2, 0) is 4.84 Å². The predicted octanol–water partition coefficient (Wildman–Crippen LogP) is 11.7. The van der Waals surface area contributed by atoms with Gasteiger partial charge in [-0.15, -0.1) is 0 Å². The fraction of sp³-hybridized carbons (Fsp3) is 0.209. The summed E-state index contributed by atoms with van der Waals surface area (Å²) in [7, 11) is 0. The third-order valence-corrected chi connectivity index (χ3v) is 9.43. The molecule has 0 N–H and O–H groups in total. The molecule has 3 nitrogen and oxygen atoms in total. The van der Waals surface area contributed by atoms with Gasteiger partial charge in [-0.1, -0.05) is 92.4 Å². The van der Waals surface area contributed by atoms with E-state index in [9.17, 15) is 0 Å². The summed E-state index contributed by atoms with van der Waals surface area (Å²) in [4.78, 5) is 9.12. The molecular formula is C43H44N2O. The Balaban J connectivity index is 1.42. The average Bonchev–Trinajstić information content (AvgIpc) is 3.27. The Morgan fingerprint density at radius 3 is 2.17 bits per heavy atom. The van der Waals surface area contributed by atoms with Crippen molar-refractivity contribution >= 4 is 28.2 Å². The number of para-hydroxylation sites is 3. The van der Waals surface area contributed by atoms with Gasteiger partial charge in [0.25, 0.3) is 0 Å². The second kappa shape index (κ2) is 13.1. The van der Waals surface area contributed by atoms with E-state index in [0.29, 0.717) is 0 Å². The highest BCUT2D eigenvalue weighted by atomic mass is 16.7. The molecule has 0 aliphatic carbocycles. The summed E-state index contributed by atoms with van der Waals surface area (Å²) in [6.45, 7) is 17.9. The highest BCUT2D eigenvalue weighted by Gasteiger charge is 2.37. The maximum atomic E-state index is 6.62. The molecule has 0 saturated carbocycles. The monoisotopic (exact) mass is 604 g/mol. The summed E-state index contributed by atoms with van der Waals surface area (Å²) in [6, 6.07) is 36.6. The van der Waals surface area contributed by atoms with Crippen LogP contribution in [0, 0.1) is 6.92 Å². The van der Waals surface area contributed by atoms with E-state index in [-0.39, 0.29) is 12.0 Å². The number of fused-ring (bicyclic) bond motifs is 1. The second-order valence-corrected chi connectivity index (χ2v) is 12.3. The van der Waals surface area contributed by atoms with E-state index in [1.807, 2.05) is 36.3 Å². The van der Waals surface area contributed by atoms with E-state index < -0.39 is 0 Å². The fourth-order valence-corrected chi connectivity index (χ4v) is 7.09. The molecule has 0 aromatic heterocycles. The van der Waals surface area contributed by atoms with Gasteiger partial charge in [0.15, 0.2) is 0 Å². The number of hydrogen-bond donors (Lipinski definition) is 0. The second-order valence-electron chi connectivity index (χ2n) is 12.3. The normalized spacial score (nSPS) is 18.7. The minimum atomic E-state index is 0.271. The van der Waals surface area contributed by atoms with Crippen LogP contribution in [0.2, 0.25) is 0 Å². The van der Waals surface area contributed by atoms with E-state index in [4.69, 9.17) is 4.84 Å². The first-order valence-electron chi connectivity index (χ1n) is 16.4. The lowest BCUT2D eigenvalue weighted by Crippen LogP contribution is -2.30. The van der Waals surface area contributed by atoms with E-state index in [0.717, 1.165) is 40.3 Å². The lowest BCUT2D eigenvalue weighted by molar-refractivity contribution is 0.217. The minimum absolute atomic E-state index is 0.271. The van der Waals surface area contributed by atoms with Crippen molar-refractivity contribution in [2.24, 2.45) is 0 Å². The van der Waals surface area contributed by atoms with Crippen molar-refractivity contribution in [3.63, 3.8) is 0 Å². The van der Waals surface area contributed by atoms with Crippen molar-refractivity contribution in [1.82, 2.24) is 0 Å². The number of rotatable bonds is 7. The molecule has 2 unspecified atom stereocenters. The maximum Gasteiger partial charge on any atom is 0.137 e. The summed E-state index contributed by atoms with van der Waals surface area (Å²) in [6.07, 6.45) is 7.59. The highest BCUT2D eigenvalue weighted by molar-refractivity contribution is 5.91. The lowest BCUT2D eigenvalue weighted by atomic mass is 9.83. The number of benzene rings is 4. The van der Waals surface area contributed by atoms with Crippen LogP contribution in [0.25, 0.3) is 11.1 Å². The molecule has 2 atom stereocenters. The Labute approximate surface area is 275 Å². The van der Waals surface area contributed by atoms with Gasteiger partial charge < -0.3 is 9.74 Å². The molecular weight excluding hydrogens is 560 g/mol. The van der Waals surface area contributed by atoms with Gasteiger partial charge in [-0.3, -0.25) is 0 Å². The Kier molecular flexibility index (Phi) is 8.85. The topological polar surface area (TPSA) is 15.7 Å².